The second kappa shape index (κ2) is 6.49. The van der Waals surface area contributed by atoms with Gasteiger partial charge in [-0.05, 0) is 18.6 Å². The van der Waals surface area contributed by atoms with Crippen molar-refractivity contribution in [2.75, 3.05) is 11.9 Å². The largest absolute Gasteiger partial charge is 0.370 e. The number of nitrogens with one attached hydrogen (secondary N) is 3. The molecule has 0 saturated heterocycles. The minimum atomic E-state index is -3.57. The molecule has 2 aromatic rings. The topological polar surface area (TPSA) is 99.8 Å². The minimum absolute atomic E-state index is 0.116. The molecule has 8 heteroatoms. The Balaban J connectivity index is 2.01. The number of imidazole rings is 1. The molecule has 0 aromatic carbocycles. The van der Waals surface area contributed by atoms with E-state index in [1.807, 2.05) is 6.92 Å². The molecule has 2 heterocycles. The number of hydrogen-bond donors (Lipinski definition) is 3. The fourth-order valence-electron chi connectivity index (χ4n) is 1.54. The number of anilines is 1. The van der Waals surface area contributed by atoms with Crippen molar-refractivity contribution in [2.45, 2.75) is 24.8 Å². The van der Waals surface area contributed by atoms with E-state index in [0.717, 1.165) is 13.0 Å². The maximum atomic E-state index is 12.0. The predicted octanol–water partition coefficient (Wildman–Crippen LogP) is 1.11. The van der Waals surface area contributed by atoms with Crippen LogP contribution in [0, 0.1) is 0 Å². The zero-order valence-corrected chi connectivity index (χ0v) is 11.9. The van der Waals surface area contributed by atoms with Gasteiger partial charge in [0.2, 0.25) is 10.0 Å². The van der Waals surface area contributed by atoms with Gasteiger partial charge in [-0.15, -0.1) is 0 Å². The van der Waals surface area contributed by atoms with Crippen LogP contribution in [0.1, 0.15) is 19.2 Å². The van der Waals surface area contributed by atoms with Crippen molar-refractivity contribution < 1.29 is 8.42 Å². The molecular formula is C12H17N5O2S. The molecule has 0 amide bonds. The van der Waals surface area contributed by atoms with Gasteiger partial charge in [0.25, 0.3) is 0 Å². The molecule has 0 saturated carbocycles. The number of nitrogens with zero attached hydrogens (tertiary/aromatic N) is 2. The number of H-pyrrole nitrogens is 1. The van der Waals surface area contributed by atoms with Crippen LogP contribution in [0.15, 0.2) is 35.6 Å². The van der Waals surface area contributed by atoms with Gasteiger partial charge in [-0.25, -0.2) is 23.1 Å². The zero-order valence-electron chi connectivity index (χ0n) is 11.1. The molecule has 0 atom stereocenters. The summed E-state index contributed by atoms with van der Waals surface area (Å²) in [5.41, 5.74) is 0. The van der Waals surface area contributed by atoms with Gasteiger partial charge >= 0.3 is 0 Å². The van der Waals surface area contributed by atoms with Gasteiger partial charge in [0.15, 0.2) is 0 Å². The Hall–Kier alpha value is -1.93. The monoisotopic (exact) mass is 295 g/mol. The van der Waals surface area contributed by atoms with E-state index in [2.05, 4.69) is 25.0 Å². The summed E-state index contributed by atoms with van der Waals surface area (Å²) in [7, 11) is -3.57. The Bertz CT molecular complexity index is 622. The van der Waals surface area contributed by atoms with E-state index in [0.29, 0.717) is 11.6 Å². The van der Waals surface area contributed by atoms with Crippen molar-refractivity contribution >= 4 is 15.8 Å². The van der Waals surface area contributed by atoms with E-state index < -0.39 is 10.0 Å². The third kappa shape index (κ3) is 3.78. The molecule has 0 aliphatic rings. The summed E-state index contributed by atoms with van der Waals surface area (Å²) in [6.07, 6.45) is 5.52. The van der Waals surface area contributed by atoms with Crippen molar-refractivity contribution in [3.05, 3.63) is 36.5 Å². The third-order valence-electron chi connectivity index (χ3n) is 2.59. The number of pyridine rings is 1. The summed E-state index contributed by atoms with van der Waals surface area (Å²) < 4.78 is 26.5. The van der Waals surface area contributed by atoms with Crippen molar-refractivity contribution in [3.63, 3.8) is 0 Å². The highest BCUT2D eigenvalue weighted by atomic mass is 32.2. The van der Waals surface area contributed by atoms with E-state index in [-0.39, 0.29) is 11.4 Å². The van der Waals surface area contributed by atoms with Gasteiger partial charge in [0.1, 0.15) is 16.5 Å². The quantitative estimate of drug-likeness (QED) is 0.710. The van der Waals surface area contributed by atoms with Gasteiger partial charge in [-0.3, -0.25) is 0 Å². The van der Waals surface area contributed by atoms with Crippen LogP contribution in [0.2, 0.25) is 0 Å². The summed E-state index contributed by atoms with van der Waals surface area (Å²) in [6, 6.07) is 3.17. The molecule has 0 aliphatic carbocycles. The van der Waals surface area contributed by atoms with Gasteiger partial charge in [0, 0.05) is 25.1 Å². The predicted molar refractivity (Wildman–Crippen MR) is 75.6 cm³/mol. The maximum Gasteiger partial charge on any atom is 0.242 e. The first-order valence-electron chi connectivity index (χ1n) is 6.29. The van der Waals surface area contributed by atoms with Crippen molar-refractivity contribution in [1.82, 2.24) is 19.7 Å². The molecule has 0 bridgehead atoms. The maximum absolute atomic E-state index is 12.0. The number of hydrogen-bond acceptors (Lipinski definition) is 5. The number of sulfonamides is 1. The van der Waals surface area contributed by atoms with Crippen LogP contribution in [-0.4, -0.2) is 29.9 Å². The molecule has 0 fully saturated rings. The van der Waals surface area contributed by atoms with Crippen molar-refractivity contribution in [1.29, 1.82) is 0 Å². The second-order valence-corrected chi connectivity index (χ2v) is 5.93. The summed E-state index contributed by atoms with van der Waals surface area (Å²) >= 11 is 0. The molecule has 20 heavy (non-hydrogen) atoms. The van der Waals surface area contributed by atoms with Crippen molar-refractivity contribution in [2.24, 2.45) is 0 Å². The highest BCUT2D eigenvalue weighted by molar-refractivity contribution is 7.89. The highest BCUT2D eigenvalue weighted by Crippen LogP contribution is 2.10. The number of rotatable bonds is 7. The highest BCUT2D eigenvalue weighted by Gasteiger charge is 2.14. The summed E-state index contributed by atoms with van der Waals surface area (Å²) in [5.74, 6) is 1.22. The first-order valence-corrected chi connectivity index (χ1v) is 7.78. The Morgan fingerprint density at radius 2 is 2.15 bits per heavy atom. The molecular weight excluding hydrogens is 278 g/mol. The molecule has 0 unspecified atom stereocenters. The van der Waals surface area contributed by atoms with Crippen LogP contribution < -0.4 is 10.0 Å². The SMILES string of the molecule is CCCNc1ccc(S(=O)(=O)NCc2ncc[nH]2)cn1. The molecule has 0 aliphatic heterocycles. The fourth-order valence-corrected chi connectivity index (χ4v) is 2.47. The lowest BCUT2D eigenvalue weighted by atomic mass is 10.4. The van der Waals surface area contributed by atoms with E-state index in [1.54, 1.807) is 18.5 Å². The number of aromatic amines is 1. The van der Waals surface area contributed by atoms with Crippen LogP contribution in [0.3, 0.4) is 0 Å². The zero-order chi connectivity index (χ0) is 14.4. The van der Waals surface area contributed by atoms with Crippen LogP contribution in [0.4, 0.5) is 5.82 Å². The van der Waals surface area contributed by atoms with Crippen LogP contribution in [-0.2, 0) is 16.6 Å². The van der Waals surface area contributed by atoms with E-state index in [1.165, 1.54) is 12.3 Å². The average Bonchev–Trinajstić information content (AvgIpc) is 2.97. The van der Waals surface area contributed by atoms with E-state index >= 15 is 0 Å². The minimum Gasteiger partial charge on any atom is -0.370 e. The molecule has 0 spiro atoms. The number of aromatic nitrogens is 3. The average molecular weight is 295 g/mol. The lowest BCUT2D eigenvalue weighted by Gasteiger charge is -2.07. The van der Waals surface area contributed by atoms with Crippen LogP contribution in [0.5, 0.6) is 0 Å². The smallest absolute Gasteiger partial charge is 0.242 e. The van der Waals surface area contributed by atoms with Crippen LogP contribution in [0.25, 0.3) is 0 Å². The van der Waals surface area contributed by atoms with Gasteiger partial charge in [0.05, 0.1) is 6.54 Å². The van der Waals surface area contributed by atoms with E-state index in [9.17, 15) is 8.42 Å². The Morgan fingerprint density at radius 1 is 1.30 bits per heavy atom. The summed E-state index contributed by atoms with van der Waals surface area (Å²) in [4.78, 5) is 11.0. The van der Waals surface area contributed by atoms with E-state index in [4.69, 9.17) is 0 Å². The lowest BCUT2D eigenvalue weighted by Crippen LogP contribution is -2.24. The Morgan fingerprint density at radius 3 is 2.75 bits per heavy atom. The Kier molecular flexibility index (Phi) is 4.70. The third-order valence-corrected chi connectivity index (χ3v) is 3.97. The summed E-state index contributed by atoms with van der Waals surface area (Å²) in [5, 5.41) is 3.09. The Labute approximate surface area is 117 Å². The second-order valence-electron chi connectivity index (χ2n) is 4.17. The molecule has 3 N–H and O–H groups in total. The van der Waals surface area contributed by atoms with Gasteiger partial charge in [-0.1, -0.05) is 6.92 Å². The standard InChI is InChI=1S/C12H17N5O2S/c1-2-5-13-11-4-3-10(8-16-11)20(18,19)17-9-12-14-6-7-15-12/h3-4,6-8,17H,2,5,9H2,1H3,(H,13,16)(H,14,15). The van der Waals surface area contributed by atoms with Crippen LogP contribution >= 0.6 is 0 Å². The fraction of sp³-hybridized carbons (Fsp3) is 0.333. The lowest BCUT2D eigenvalue weighted by molar-refractivity contribution is 0.579. The molecule has 108 valence electrons. The van der Waals surface area contributed by atoms with Crippen molar-refractivity contribution in [3.8, 4) is 0 Å². The molecule has 2 rings (SSSR count). The first-order chi connectivity index (χ1) is 9.62. The van der Waals surface area contributed by atoms with Gasteiger partial charge < -0.3 is 10.3 Å². The molecule has 2 aromatic heterocycles. The summed E-state index contributed by atoms with van der Waals surface area (Å²) in [6.45, 7) is 2.96. The molecule has 7 nitrogen and oxygen atoms in total. The normalized spacial score (nSPS) is 11.4. The molecule has 0 radical (unpaired) electrons. The first kappa shape index (κ1) is 14.5. The van der Waals surface area contributed by atoms with Gasteiger partial charge in [-0.2, -0.15) is 0 Å².